The minimum Gasteiger partial charge on any atom is -0.325 e. The lowest BCUT2D eigenvalue weighted by molar-refractivity contribution is -0.140. The highest BCUT2D eigenvalue weighted by molar-refractivity contribution is 7.13. The molecule has 6 nitrogen and oxygen atoms in total. The van der Waals surface area contributed by atoms with Crippen LogP contribution in [0.1, 0.15) is 31.4 Å². The molecule has 3 rings (SSSR count). The van der Waals surface area contributed by atoms with Crippen LogP contribution >= 0.6 is 11.3 Å². The van der Waals surface area contributed by atoms with Crippen molar-refractivity contribution in [1.29, 1.82) is 0 Å². The van der Waals surface area contributed by atoms with E-state index in [0.717, 1.165) is 42.6 Å². The van der Waals surface area contributed by atoms with Crippen LogP contribution in [0.15, 0.2) is 5.38 Å². The standard InChI is InChI=1S/C15H19F3N4O2S/c16-15(17,18)11-9-25-13(19-11)20-12(23)10-3-7-22(8-4-10)14(24)21-5-1-2-6-21/h9-10H,1-8H2,(H,19,20,23). The van der Waals surface area contributed by atoms with Crippen molar-refractivity contribution in [3.8, 4) is 0 Å². The van der Waals surface area contributed by atoms with Gasteiger partial charge in [0.25, 0.3) is 0 Å². The highest BCUT2D eigenvalue weighted by Gasteiger charge is 2.35. The van der Waals surface area contributed by atoms with Gasteiger partial charge in [0, 0.05) is 37.5 Å². The largest absolute Gasteiger partial charge is 0.434 e. The first kappa shape index (κ1) is 18.0. The third-order valence-electron chi connectivity index (χ3n) is 4.54. The van der Waals surface area contributed by atoms with Crippen molar-refractivity contribution in [2.75, 3.05) is 31.5 Å². The molecule has 0 saturated carbocycles. The quantitative estimate of drug-likeness (QED) is 0.863. The van der Waals surface area contributed by atoms with E-state index in [1.165, 1.54) is 0 Å². The second-order valence-corrected chi connectivity index (χ2v) is 7.12. The average molecular weight is 376 g/mol. The number of alkyl halides is 3. The Kier molecular flexibility index (Phi) is 5.16. The summed E-state index contributed by atoms with van der Waals surface area (Å²) < 4.78 is 37.6. The number of nitrogens with one attached hydrogen (secondary N) is 1. The molecule has 3 amide bonds. The number of hydrogen-bond acceptors (Lipinski definition) is 4. The van der Waals surface area contributed by atoms with Gasteiger partial charge in [-0.2, -0.15) is 13.2 Å². The molecule has 1 N–H and O–H groups in total. The molecular formula is C15H19F3N4O2S. The lowest BCUT2D eigenvalue weighted by Gasteiger charge is -2.33. The predicted octanol–water partition coefficient (Wildman–Crippen LogP) is 3.03. The van der Waals surface area contributed by atoms with E-state index in [9.17, 15) is 22.8 Å². The molecule has 1 aromatic rings. The zero-order valence-corrected chi connectivity index (χ0v) is 14.3. The second kappa shape index (κ2) is 7.19. The third kappa shape index (κ3) is 4.23. The molecule has 0 bridgehead atoms. The molecule has 138 valence electrons. The zero-order valence-electron chi connectivity index (χ0n) is 13.5. The van der Waals surface area contributed by atoms with Crippen LogP contribution in [-0.2, 0) is 11.0 Å². The summed E-state index contributed by atoms with van der Waals surface area (Å²) in [7, 11) is 0. The van der Waals surface area contributed by atoms with E-state index in [1.54, 1.807) is 4.90 Å². The highest BCUT2D eigenvalue weighted by atomic mass is 32.1. The first-order chi connectivity index (χ1) is 11.8. The van der Waals surface area contributed by atoms with Gasteiger partial charge in [-0.05, 0) is 25.7 Å². The van der Waals surface area contributed by atoms with E-state index < -0.39 is 11.9 Å². The molecule has 0 radical (unpaired) electrons. The summed E-state index contributed by atoms with van der Waals surface area (Å²) in [5.74, 6) is -0.655. The maximum Gasteiger partial charge on any atom is 0.434 e. The van der Waals surface area contributed by atoms with E-state index in [2.05, 4.69) is 10.3 Å². The number of hydrogen-bond donors (Lipinski definition) is 1. The fraction of sp³-hybridized carbons (Fsp3) is 0.667. The summed E-state index contributed by atoms with van der Waals surface area (Å²) in [4.78, 5) is 31.5. The normalized spacial score (nSPS) is 19.3. The van der Waals surface area contributed by atoms with Crippen LogP contribution in [0.4, 0.5) is 23.1 Å². The van der Waals surface area contributed by atoms with Gasteiger partial charge in [-0.25, -0.2) is 9.78 Å². The fourth-order valence-electron chi connectivity index (χ4n) is 3.11. The topological polar surface area (TPSA) is 65.5 Å². The number of amides is 3. The summed E-state index contributed by atoms with van der Waals surface area (Å²) in [5, 5.41) is 3.29. The molecular weight excluding hydrogens is 357 g/mol. The van der Waals surface area contributed by atoms with E-state index in [-0.39, 0.29) is 23.0 Å². The molecule has 3 heterocycles. The Labute approximate surface area is 147 Å². The van der Waals surface area contributed by atoms with E-state index in [0.29, 0.717) is 25.9 Å². The van der Waals surface area contributed by atoms with Gasteiger partial charge < -0.3 is 15.1 Å². The van der Waals surface area contributed by atoms with Crippen molar-refractivity contribution < 1.29 is 22.8 Å². The van der Waals surface area contributed by atoms with E-state index in [4.69, 9.17) is 0 Å². The van der Waals surface area contributed by atoms with Gasteiger partial charge in [0.2, 0.25) is 5.91 Å². The van der Waals surface area contributed by atoms with Crippen LogP contribution in [-0.4, -0.2) is 52.9 Å². The Bertz CT molecular complexity index is 635. The lowest BCUT2D eigenvalue weighted by Crippen LogP contribution is -2.47. The van der Waals surface area contributed by atoms with Crippen molar-refractivity contribution in [3.63, 3.8) is 0 Å². The molecule has 25 heavy (non-hydrogen) atoms. The second-order valence-electron chi connectivity index (χ2n) is 6.26. The predicted molar refractivity (Wildman–Crippen MR) is 86.2 cm³/mol. The van der Waals surface area contributed by atoms with Crippen LogP contribution in [0.2, 0.25) is 0 Å². The van der Waals surface area contributed by atoms with Crippen molar-refractivity contribution in [1.82, 2.24) is 14.8 Å². The zero-order chi connectivity index (χ0) is 18.0. The smallest absolute Gasteiger partial charge is 0.325 e. The Morgan fingerprint density at radius 2 is 1.72 bits per heavy atom. The van der Waals surface area contributed by atoms with Gasteiger partial charge >= 0.3 is 12.2 Å². The number of rotatable bonds is 2. The minimum atomic E-state index is -4.51. The van der Waals surface area contributed by atoms with Crippen LogP contribution in [0.25, 0.3) is 0 Å². The number of thiazole rings is 1. The number of likely N-dealkylation sites (tertiary alicyclic amines) is 2. The molecule has 0 aromatic carbocycles. The SMILES string of the molecule is O=C(Nc1nc(C(F)(F)F)cs1)C1CCN(C(=O)N2CCCC2)CC1. The van der Waals surface area contributed by atoms with Gasteiger partial charge in [-0.1, -0.05) is 0 Å². The lowest BCUT2D eigenvalue weighted by atomic mass is 9.96. The molecule has 0 spiro atoms. The number of carbonyl (C=O) groups excluding carboxylic acids is 2. The Balaban J connectivity index is 1.50. The summed E-state index contributed by atoms with van der Waals surface area (Å²) in [5.41, 5.74) is -1.00. The van der Waals surface area contributed by atoms with Gasteiger partial charge in [0.05, 0.1) is 0 Å². The first-order valence-corrected chi connectivity index (χ1v) is 9.10. The maximum atomic E-state index is 12.5. The highest BCUT2D eigenvalue weighted by Crippen LogP contribution is 2.32. The molecule has 10 heteroatoms. The number of carbonyl (C=O) groups is 2. The van der Waals surface area contributed by atoms with Crippen molar-refractivity contribution in [3.05, 3.63) is 11.1 Å². The van der Waals surface area contributed by atoms with Crippen LogP contribution in [0.5, 0.6) is 0 Å². The van der Waals surface area contributed by atoms with Gasteiger partial charge in [0.1, 0.15) is 0 Å². The van der Waals surface area contributed by atoms with Crippen LogP contribution < -0.4 is 5.32 Å². The summed E-state index contributed by atoms with van der Waals surface area (Å²) in [6, 6.07) is 0.0195. The van der Waals surface area contributed by atoms with E-state index >= 15 is 0 Å². The average Bonchev–Trinajstić information content (AvgIpc) is 3.25. The van der Waals surface area contributed by atoms with Crippen molar-refractivity contribution in [2.24, 2.45) is 5.92 Å². The fourth-order valence-corrected chi connectivity index (χ4v) is 3.83. The van der Waals surface area contributed by atoms with Gasteiger partial charge in [0.15, 0.2) is 10.8 Å². The maximum absolute atomic E-state index is 12.5. The number of halogens is 3. The summed E-state index contributed by atoms with van der Waals surface area (Å²) >= 11 is 0.757. The molecule has 2 aliphatic rings. The van der Waals surface area contributed by atoms with Crippen molar-refractivity contribution in [2.45, 2.75) is 31.9 Å². The summed E-state index contributed by atoms with van der Waals surface area (Å²) in [6.07, 6.45) is -1.46. The molecule has 2 aliphatic heterocycles. The van der Waals surface area contributed by atoms with Gasteiger partial charge in [-0.3, -0.25) is 4.79 Å². The van der Waals surface area contributed by atoms with Crippen LogP contribution in [0, 0.1) is 5.92 Å². The Morgan fingerprint density at radius 1 is 1.12 bits per heavy atom. The van der Waals surface area contributed by atoms with Crippen LogP contribution in [0.3, 0.4) is 0 Å². The molecule has 0 aliphatic carbocycles. The number of nitrogens with zero attached hydrogens (tertiary/aromatic N) is 3. The molecule has 2 saturated heterocycles. The number of piperidine rings is 1. The monoisotopic (exact) mass is 376 g/mol. The molecule has 0 unspecified atom stereocenters. The number of aromatic nitrogens is 1. The summed E-state index contributed by atoms with van der Waals surface area (Å²) in [6.45, 7) is 2.54. The van der Waals surface area contributed by atoms with Gasteiger partial charge in [-0.15, -0.1) is 11.3 Å². The Hall–Kier alpha value is -1.84. The minimum absolute atomic E-state index is 0.0195. The number of urea groups is 1. The molecule has 2 fully saturated rings. The first-order valence-electron chi connectivity index (χ1n) is 8.22. The number of anilines is 1. The Morgan fingerprint density at radius 3 is 2.28 bits per heavy atom. The van der Waals surface area contributed by atoms with Crippen molar-refractivity contribution >= 4 is 28.4 Å². The molecule has 1 aromatic heterocycles. The third-order valence-corrected chi connectivity index (χ3v) is 5.30. The molecule has 0 atom stereocenters. The van der Waals surface area contributed by atoms with E-state index in [1.807, 2.05) is 4.90 Å².